The fourth-order valence-corrected chi connectivity index (χ4v) is 4.82. The molecule has 13 heteroatoms. The van der Waals surface area contributed by atoms with E-state index in [1.807, 2.05) is 17.9 Å². The van der Waals surface area contributed by atoms with Crippen molar-refractivity contribution in [3.63, 3.8) is 0 Å². The lowest BCUT2D eigenvalue weighted by atomic mass is 10.2. The average Bonchev–Trinajstić information content (AvgIpc) is 3.49. The fourth-order valence-electron chi connectivity index (χ4n) is 3.70. The number of hydrogen-bond donors (Lipinski definition) is 0. The summed E-state index contributed by atoms with van der Waals surface area (Å²) in [6, 6.07) is 2.05. The summed E-state index contributed by atoms with van der Waals surface area (Å²) in [5.74, 6) is 0.949. The molecule has 1 aliphatic heterocycles. The molecule has 0 saturated carbocycles. The molecule has 0 amide bonds. The van der Waals surface area contributed by atoms with Crippen molar-refractivity contribution in [2.75, 3.05) is 11.4 Å². The molecule has 0 spiro atoms. The Kier molecular flexibility index (Phi) is 5.07. The molecule has 32 heavy (non-hydrogen) atoms. The lowest BCUT2D eigenvalue weighted by molar-refractivity contribution is -0.147. The Hall–Kier alpha value is -3.09. The summed E-state index contributed by atoms with van der Waals surface area (Å²) < 4.78 is 46.1. The van der Waals surface area contributed by atoms with E-state index >= 15 is 0 Å². The molecule has 0 saturated heterocycles. The highest BCUT2D eigenvalue weighted by molar-refractivity contribution is 7.18. The van der Waals surface area contributed by atoms with E-state index in [0.29, 0.717) is 30.4 Å². The Morgan fingerprint density at radius 3 is 2.69 bits per heavy atom. The first kappa shape index (κ1) is 20.8. The van der Waals surface area contributed by atoms with E-state index in [2.05, 4.69) is 37.2 Å². The Morgan fingerprint density at radius 1 is 1.12 bits per heavy atom. The summed E-state index contributed by atoms with van der Waals surface area (Å²) in [5.41, 5.74) is 0. The van der Waals surface area contributed by atoms with Crippen molar-refractivity contribution in [3.8, 4) is 11.7 Å². The van der Waals surface area contributed by atoms with Crippen molar-refractivity contribution in [2.24, 2.45) is 0 Å². The number of alkyl halides is 3. The minimum atomic E-state index is -4.54. The Bertz CT molecular complexity index is 1280. The molecule has 4 aromatic heterocycles. The van der Waals surface area contributed by atoms with Crippen LogP contribution in [-0.4, -0.2) is 41.4 Å². The van der Waals surface area contributed by atoms with Gasteiger partial charge in [-0.1, -0.05) is 25.4 Å². The van der Waals surface area contributed by atoms with Crippen molar-refractivity contribution in [1.29, 1.82) is 0 Å². The molecule has 0 bridgehead atoms. The molecule has 5 rings (SSSR count). The largest absolute Gasteiger partial charge is 0.451 e. The number of halogens is 3. The molecule has 5 heterocycles. The number of fused-ring (bicyclic) bond motifs is 2. The Morgan fingerprint density at radius 2 is 1.97 bits per heavy atom. The number of aryl methyl sites for hydroxylation is 2. The molecule has 0 unspecified atom stereocenters. The van der Waals surface area contributed by atoms with Gasteiger partial charge in [0.1, 0.15) is 10.6 Å². The molecule has 0 aromatic carbocycles. The average molecular weight is 464 g/mol. The summed E-state index contributed by atoms with van der Waals surface area (Å²) in [7, 11) is 0. The van der Waals surface area contributed by atoms with E-state index in [0.717, 1.165) is 32.5 Å². The van der Waals surface area contributed by atoms with E-state index in [1.165, 1.54) is 0 Å². The standard InChI is InChI=1S/C19H19F3N8OS/c1-3-5-10-8-11-15(24-14(25-17(11)32-10)16-23-12(4-2)28-31-16)29-6-7-30-13(9-29)26-27-18(30)19(20,21)22/h8H,3-7,9H2,1-2H3. The van der Waals surface area contributed by atoms with Crippen molar-refractivity contribution in [1.82, 2.24) is 34.9 Å². The number of hydrogen-bond acceptors (Lipinski definition) is 9. The van der Waals surface area contributed by atoms with Crippen molar-refractivity contribution in [2.45, 2.75) is 52.4 Å². The Labute approximate surface area is 184 Å². The molecule has 0 fully saturated rings. The number of aromatic nitrogens is 7. The number of thiophene rings is 1. The first-order valence-corrected chi connectivity index (χ1v) is 11.1. The van der Waals surface area contributed by atoms with E-state index < -0.39 is 12.0 Å². The zero-order valence-corrected chi connectivity index (χ0v) is 18.2. The normalized spacial score (nSPS) is 14.3. The van der Waals surface area contributed by atoms with Gasteiger partial charge in [-0.25, -0.2) is 9.97 Å². The second-order valence-electron chi connectivity index (χ2n) is 7.43. The van der Waals surface area contributed by atoms with E-state index in [4.69, 9.17) is 4.52 Å². The summed E-state index contributed by atoms with van der Waals surface area (Å²) >= 11 is 1.56. The molecule has 168 valence electrons. The van der Waals surface area contributed by atoms with Gasteiger partial charge in [0.25, 0.3) is 5.89 Å². The van der Waals surface area contributed by atoms with Gasteiger partial charge in [-0.2, -0.15) is 18.2 Å². The zero-order valence-electron chi connectivity index (χ0n) is 17.3. The third-order valence-corrected chi connectivity index (χ3v) is 6.29. The van der Waals surface area contributed by atoms with Crippen LogP contribution in [0.4, 0.5) is 19.0 Å². The van der Waals surface area contributed by atoms with Gasteiger partial charge < -0.3 is 14.0 Å². The molecule has 1 aliphatic rings. The summed E-state index contributed by atoms with van der Waals surface area (Å²) in [4.78, 5) is 17.5. The minimum absolute atomic E-state index is 0.102. The molecule has 9 nitrogen and oxygen atoms in total. The van der Waals surface area contributed by atoms with Crippen molar-refractivity contribution < 1.29 is 17.7 Å². The van der Waals surface area contributed by atoms with Crippen LogP contribution >= 0.6 is 11.3 Å². The van der Waals surface area contributed by atoms with Crippen LogP contribution in [0, 0.1) is 0 Å². The van der Waals surface area contributed by atoms with Crippen LogP contribution in [0.15, 0.2) is 10.6 Å². The zero-order chi connectivity index (χ0) is 22.5. The van der Waals surface area contributed by atoms with Crippen molar-refractivity contribution in [3.05, 3.63) is 28.4 Å². The van der Waals surface area contributed by atoms with E-state index in [9.17, 15) is 13.2 Å². The molecule has 0 aliphatic carbocycles. The van der Waals surface area contributed by atoms with Crippen LogP contribution in [0.25, 0.3) is 21.9 Å². The topological polar surface area (TPSA) is 98.7 Å². The second kappa shape index (κ2) is 7.80. The molecule has 0 atom stereocenters. The third kappa shape index (κ3) is 3.59. The maximum Gasteiger partial charge on any atom is 0.451 e. The highest BCUT2D eigenvalue weighted by atomic mass is 32.1. The smallest absolute Gasteiger partial charge is 0.347 e. The number of anilines is 1. The first-order valence-electron chi connectivity index (χ1n) is 10.2. The van der Waals surface area contributed by atoms with E-state index in [1.54, 1.807) is 11.3 Å². The fraction of sp³-hybridized carbons (Fsp3) is 0.474. The molecular weight excluding hydrogens is 445 g/mol. The Balaban J connectivity index is 1.58. The summed E-state index contributed by atoms with van der Waals surface area (Å²) in [5, 5.41) is 11.9. The monoisotopic (exact) mass is 464 g/mol. The van der Waals surface area contributed by atoms with Gasteiger partial charge in [0.15, 0.2) is 11.6 Å². The number of nitrogens with zero attached hydrogens (tertiary/aromatic N) is 8. The van der Waals surface area contributed by atoms with Gasteiger partial charge in [0.2, 0.25) is 11.6 Å². The first-order chi connectivity index (χ1) is 15.4. The highest BCUT2D eigenvalue weighted by Crippen LogP contribution is 2.36. The lowest BCUT2D eigenvalue weighted by Crippen LogP contribution is -2.36. The van der Waals surface area contributed by atoms with Crippen LogP contribution in [0.5, 0.6) is 0 Å². The molecule has 0 radical (unpaired) electrons. The van der Waals surface area contributed by atoms with Crippen LogP contribution < -0.4 is 4.90 Å². The molecule has 4 aromatic rings. The van der Waals surface area contributed by atoms with Gasteiger partial charge in [0.05, 0.1) is 11.9 Å². The summed E-state index contributed by atoms with van der Waals surface area (Å²) in [6.07, 6.45) is -2.04. The SMILES string of the molecule is CCCc1cc2c(N3CCn4c(nnc4C(F)(F)F)C3)nc(-c3nc(CC)no3)nc2s1. The minimum Gasteiger partial charge on any atom is -0.347 e. The molecule has 0 N–H and O–H groups in total. The second-order valence-corrected chi connectivity index (χ2v) is 8.55. The highest BCUT2D eigenvalue weighted by Gasteiger charge is 2.39. The van der Waals surface area contributed by atoms with Crippen LogP contribution in [-0.2, 0) is 32.1 Å². The quantitative estimate of drug-likeness (QED) is 0.439. The van der Waals surface area contributed by atoms with Crippen molar-refractivity contribution >= 4 is 27.4 Å². The molecular formula is C19H19F3N8OS. The van der Waals surface area contributed by atoms with Gasteiger partial charge in [0, 0.05) is 24.4 Å². The lowest BCUT2D eigenvalue weighted by Gasteiger charge is -2.29. The maximum atomic E-state index is 13.2. The third-order valence-electron chi connectivity index (χ3n) is 5.20. The van der Waals surface area contributed by atoms with Crippen LogP contribution in [0.1, 0.15) is 42.6 Å². The van der Waals surface area contributed by atoms with Crippen LogP contribution in [0.3, 0.4) is 0 Å². The van der Waals surface area contributed by atoms with Gasteiger partial charge in [-0.05, 0) is 12.5 Å². The van der Waals surface area contributed by atoms with Gasteiger partial charge in [-0.3, -0.25) is 0 Å². The van der Waals surface area contributed by atoms with Gasteiger partial charge in [-0.15, -0.1) is 21.5 Å². The summed E-state index contributed by atoms with van der Waals surface area (Å²) in [6.45, 7) is 4.59. The predicted octanol–water partition coefficient (Wildman–Crippen LogP) is 3.89. The maximum absolute atomic E-state index is 13.2. The van der Waals surface area contributed by atoms with Crippen LogP contribution in [0.2, 0.25) is 0 Å². The van der Waals surface area contributed by atoms with E-state index in [-0.39, 0.29) is 24.8 Å². The number of rotatable bonds is 5. The predicted molar refractivity (Wildman–Crippen MR) is 110 cm³/mol. The van der Waals surface area contributed by atoms with Gasteiger partial charge >= 0.3 is 6.18 Å².